The van der Waals surface area contributed by atoms with Crippen LogP contribution in [0.15, 0.2) is 83.8 Å². The number of benzene rings is 2. The van der Waals surface area contributed by atoms with E-state index in [1.165, 1.54) is 6.07 Å². The zero-order valence-corrected chi connectivity index (χ0v) is 18.3. The van der Waals surface area contributed by atoms with Crippen LogP contribution in [0.5, 0.6) is 5.75 Å². The number of aromatic amines is 1. The van der Waals surface area contributed by atoms with Gasteiger partial charge in [0.2, 0.25) is 11.3 Å². The van der Waals surface area contributed by atoms with Gasteiger partial charge in [-0.05, 0) is 49.7 Å². The Morgan fingerprint density at radius 1 is 0.939 bits per heavy atom. The van der Waals surface area contributed by atoms with E-state index in [1.807, 2.05) is 60.7 Å². The molecule has 0 saturated carbocycles. The molecule has 4 aromatic rings. The molecule has 1 aliphatic heterocycles. The van der Waals surface area contributed by atoms with Gasteiger partial charge < -0.3 is 14.5 Å². The number of hydrogen-bond acceptors (Lipinski definition) is 5. The van der Waals surface area contributed by atoms with Crippen LogP contribution < -0.4 is 10.3 Å². The molecule has 6 heteroatoms. The van der Waals surface area contributed by atoms with E-state index in [4.69, 9.17) is 9.47 Å². The quantitative estimate of drug-likeness (QED) is 0.486. The number of fused-ring (bicyclic) bond motifs is 1. The van der Waals surface area contributed by atoms with Crippen molar-refractivity contribution in [2.75, 3.05) is 0 Å². The molecular weight excluding hydrogens is 416 g/mol. The summed E-state index contributed by atoms with van der Waals surface area (Å²) < 4.78 is 11.9. The van der Waals surface area contributed by atoms with Gasteiger partial charge >= 0.3 is 0 Å². The molecule has 0 radical (unpaired) electrons. The molecule has 33 heavy (non-hydrogen) atoms. The second kappa shape index (κ2) is 8.06. The molecule has 1 aliphatic rings. The normalized spacial score (nSPS) is 15.0. The molecule has 1 N–H and O–H groups in total. The van der Waals surface area contributed by atoms with Gasteiger partial charge in [0, 0.05) is 23.2 Å². The summed E-state index contributed by atoms with van der Waals surface area (Å²) in [5, 5.41) is 1.08. The van der Waals surface area contributed by atoms with Crippen LogP contribution in [0, 0.1) is 0 Å². The number of carbonyl (C=O) groups is 1. The first-order valence-electron chi connectivity index (χ1n) is 10.7. The van der Waals surface area contributed by atoms with Crippen LogP contribution in [-0.2, 0) is 16.1 Å². The Labute approximate surface area is 190 Å². The van der Waals surface area contributed by atoms with E-state index in [2.05, 4.69) is 9.97 Å². The lowest BCUT2D eigenvalue weighted by Crippen LogP contribution is -2.29. The van der Waals surface area contributed by atoms with Gasteiger partial charge in [-0.15, -0.1) is 0 Å². The smallest absolute Gasteiger partial charge is 0.248 e. The van der Waals surface area contributed by atoms with Crippen molar-refractivity contribution in [1.82, 2.24) is 9.97 Å². The van der Waals surface area contributed by atoms with Crippen LogP contribution in [0.4, 0.5) is 0 Å². The van der Waals surface area contributed by atoms with Crippen molar-refractivity contribution in [3.8, 4) is 5.75 Å². The van der Waals surface area contributed by atoms with E-state index < -0.39 is 5.60 Å². The monoisotopic (exact) mass is 438 g/mol. The standard InChI is InChI=1S/C27H22N2O4/c1-27(2)26(31)24(25(33-27)19-13-14-28-23(30)15-19)18-8-11-21(12-9-18)32-16-20-10-7-17-5-3-4-6-22(17)29-20/h3-15H,16H2,1-2H3,(H,28,30). The van der Waals surface area contributed by atoms with Crippen molar-refractivity contribution in [1.29, 1.82) is 0 Å². The summed E-state index contributed by atoms with van der Waals surface area (Å²) in [6.45, 7) is 3.78. The van der Waals surface area contributed by atoms with Crippen molar-refractivity contribution in [2.45, 2.75) is 26.1 Å². The Kier molecular flexibility index (Phi) is 5.05. The van der Waals surface area contributed by atoms with Crippen molar-refractivity contribution in [3.05, 3.63) is 106 Å². The van der Waals surface area contributed by atoms with Gasteiger partial charge in [0.05, 0.1) is 16.8 Å². The average molecular weight is 438 g/mol. The summed E-state index contributed by atoms with van der Waals surface area (Å²) >= 11 is 0. The Bertz CT molecular complexity index is 1450. The summed E-state index contributed by atoms with van der Waals surface area (Å²) in [7, 11) is 0. The molecule has 2 aromatic carbocycles. The van der Waals surface area contributed by atoms with Crippen LogP contribution >= 0.6 is 0 Å². The highest BCUT2D eigenvalue weighted by Gasteiger charge is 2.42. The van der Waals surface area contributed by atoms with Gasteiger partial charge in [0.15, 0.2) is 5.60 Å². The minimum Gasteiger partial charge on any atom is -0.487 e. The third kappa shape index (κ3) is 4.03. The Morgan fingerprint density at radius 3 is 2.52 bits per heavy atom. The third-order valence-corrected chi connectivity index (χ3v) is 5.58. The SMILES string of the molecule is CC1(C)OC(c2cc[nH]c(=O)c2)=C(c2ccc(OCc3ccc4ccccc4n3)cc2)C1=O. The number of H-pyrrole nitrogens is 1. The van der Waals surface area contributed by atoms with E-state index in [9.17, 15) is 9.59 Å². The largest absolute Gasteiger partial charge is 0.487 e. The first-order valence-corrected chi connectivity index (χ1v) is 10.7. The predicted molar refractivity (Wildman–Crippen MR) is 127 cm³/mol. The number of carbonyl (C=O) groups excluding carboxylic acids is 1. The van der Waals surface area contributed by atoms with Crippen LogP contribution in [0.2, 0.25) is 0 Å². The summed E-state index contributed by atoms with van der Waals surface area (Å²) in [6, 6.07) is 22.4. The Hall–Kier alpha value is -4.19. The number of ketones is 1. The van der Waals surface area contributed by atoms with Gasteiger partial charge in [0.1, 0.15) is 18.1 Å². The highest BCUT2D eigenvalue weighted by molar-refractivity contribution is 6.32. The van der Waals surface area contributed by atoms with Crippen molar-refractivity contribution >= 4 is 28.0 Å². The fraction of sp³-hybridized carbons (Fsp3) is 0.148. The van der Waals surface area contributed by atoms with Crippen molar-refractivity contribution in [3.63, 3.8) is 0 Å². The maximum atomic E-state index is 13.1. The third-order valence-electron chi connectivity index (χ3n) is 5.58. The fourth-order valence-electron chi connectivity index (χ4n) is 3.87. The van der Waals surface area contributed by atoms with Crippen molar-refractivity contribution in [2.24, 2.45) is 0 Å². The number of nitrogens with zero attached hydrogens (tertiary/aromatic N) is 1. The van der Waals surface area contributed by atoms with Gasteiger partial charge in [0.25, 0.3) is 0 Å². The van der Waals surface area contributed by atoms with Crippen LogP contribution in [-0.4, -0.2) is 21.4 Å². The van der Waals surface area contributed by atoms with Crippen LogP contribution in [0.3, 0.4) is 0 Å². The maximum absolute atomic E-state index is 13.1. The lowest BCUT2D eigenvalue weighted by atomic mass is 9.93. The molecule has 164 valence electrons. The van der Waals surface area contributed by atoms with Crippen molar-refractivity contribution < 1.29 is 14.3 Å². The highest BCUT2D eigenvalue weighted by atomic mass is 16.5. The van der Waals surface area contributed by atoms with Gasteiger partial charge in [-0.2, -0.15) is 0 Å². The molecular formula is C27H22N2O4. The number of pyridine rings is 2. The minimum atomic E-state index is -1.01. The summed E-state index contributed by atoms with van der Waals surface area (Å²) in [6.07, 6.45) is 1.54. The van der Waals surface area contributed by atoms with Gasteiger partial charge in [-0.3, -0.25) is 9.59 Å². The number of Topliss-reactive ketones (excluding diaryl/α,β-unsaturated/α-hetero) is 1. The minimum absolute atomic E-state index is 0.133. The number of ether oxygens (including phenoxy) is 2. The van der Waals surface area contributed by atoms with Crippen LogP contribution in [0.1, 0.15) is 30.7 Å². The first kappa shape index (κ1) is 20.7. The molecule has 2 aromatic heterocycles. The molecule has 0 spiro atoms. The molecule has 0 saturated heterocycles. The first-order chi connectivity index (χ1) is 15.9. The van der Waals surface area contributed by atoms with Crippen LogP contribution in [0.25, 0.3) is 22.2 Å². The Balaban J connectivity index is 1.40. The number of hydrogen-bond donors (Lipinski definition) is 1. The second-order valence-corrected chi connectivity index (χ2v) is 8.40. The molecule has 5 rings (SSSR count). The number of aromatic nitrogens is 2. The molecule has 3 heterocycles. The average Bonchev–Trinajstić information content (AvgIpc) is 3.07. The maximum Gasteiger partial charge on any atom is 0.248 e. The van der Waals surface area contributed by atoms with E-state index >= 15 is 0 Å². The Morgan fingerprint density at radius 2 is 1.73 bits per heavy atom. The molecule has 6 nitrogen and oxygen atoms in total. The molecule has 0 unspecified atom stereocenters. The molecule has 0 fully saturated rings. The zero-order valence-electron chi connectivity index (χ0n) is 18.3. The van der Waals surface area contributed by atoms with E-state index in [0.29, 0.717) is 34.8 Å². The molecule has 0 bridgehead atoms. The lowest BCUT2D eigenvalue weighted by Gasteiger charge is -2.17. The number of rotatable bonds is 5. The number of nitrogens with one attached hydrogen (secondary N) is 1. The summed E-state index contributed by atoms with van der Waals surface area (Å²) in [4.78, 5) is 32.1. The van der Waals surface area contributed by atoms with Gasteiger partial charge in [-0.25, -0.2) is 4.98 Å². The summed E-state index contributed by atoms with van der Waals surface area (Å²) in [5.41, 5.74) is 2.21. The molecule has 0 aliphatic carbocycles. The molecule has 0 atom stereocenters. The zero-order chi connectivity index (χ0) is 23.0. The fourth-order valence-corrected chi connectivity index (χ4v) is 3.87. The topological polar surface area (TPSA) is 81.3 Å². The van der Waals surface area contributed by atoms with E-state index in [1.54, 1.807) is 26.1 Å². The summed E-state index contributed by atoms with van der Waals surface area (Å²) in [5.74, 6) is 0.939. The highest BCUT2D eigenvalue weighted by Crippen LogP contribution is 2.41. The number of para-hydroxylation sites is 1. The second-order valence-electron chi connectivity index (χ2n) is 8.40. The lowest BCUT2D eigenvalue weighted by molar-refractivity contribution is -0.125. The van der Waals surface area contributed by atoms with E-state index in [-0.39, 0.29) is 11.3 Å². The van der Waals surface area contributed by atoms with E-state index in [0.717, 1.165) is 16.6 Å². The molecule has 0 amide bonds. The van der Waals surface area contributed by atoms with Gasteiger partial charge in [-0.1, -0.05) is 36.4 Å². The predicted octanol–water partition coefficient (Wildman–Crippen LogP) is 4.75.